The number of hydrogen-bond acceptors (Lipinski definition) is 5. The fraction of sp³-hybridized carbons (Fsp3) is 0.182. The van der Waals surface area contributed by atoms with Gasteiger partial charge in [0.25, 0.3) is 0 Å². The van der Waals surface area contributed by atoms with Crippen LogP contribution in [0, 0.1) is 0 Å². The largest absolute Gasteiger partial charge is 0.265 e. The Hall–Kier alpha value is -1.57. The summed E-state index contributed by atoms with van der Waals surface area (Å²) in [4.78, 5) is 11.2. The van der Waals surface area contributed by atoms with Crippen LogP contribution in [-0.4, -0.2) is 29.9 Å². The van der Waals surface area contributed by atoms with Gasteiger partial charge in [0, 0.05) is 18.9 Å². The minimum absolute atomic E-state index is 0.00775. The van der Waals surface area contributed by atoms with Crippen molar-refractivity contribution >= 4 is 21.6 Å². The van der Waals surface area contributed by atoms with Crippen molar-refractivity contribution in [1.82, 2.24) is 19.7 Å². The van der Waals surface area contributed by atoms with Gasteiger partial charge < -0.3 is 0 Å². The highest BCUT2D eigenvalue weighted by molar-refractivity contribution is 7.89. The summed E-state index contributed by atoms with van der Waals surface area (Å²) in [5, 5.41) is 0.00994. The van der Waals surface area contributed by atoms with E-state index in [0.29, 0.717) is 6.42 Å². The van der Waals surface area contributed by atoms with Gasteiger partial charge in [0.15, 0.2) is 0 Å². The second kappa shape index (κ2) is 6.05. The van der Waals surface area contributed by atoms with Crippen molar-refractivity contribution < 1.29 is 8.42 Å². The molecule has 2 rings (SSSR count). The molecule has 100 valence electrons. The highest BCUT2D eigenvalue weighted by Crippen LogP contribution is 2.07. The molecule has 8 heteroatoms. The highest BCUT2D eigenvalue weighted by atomic mass is 35.5. The molecule has 0 saturated carbocycles. The summed E-state index contributed by atoms with van der Waals surface area (Å²) in [6.07, 6.45) is 6.25. The summed E-state index contributed by atoms with van der Waals surface area (Å²) in [5.41, 5.74) is 1.00. The Morgan fingerprint density at radius 3 is 2.42 bits per heavy atom. The number of hydrogen-bond donors (Lipinski definition) is 1. The summed E-state index contributed by atoms with van der Waals surface area (Å²) < 4.78 is 26.2. The zero-order valence-corrected chi connectivity index (χ0v) is 11.4. The molecule has 0 spiro atoms. The fourth-order valence-electron chi connectivity index (χ4n) is 1.40. The van der Waals surface area contributed by atoms with E-state index in [2.05, 4.69) is 19.7 Å². The first-order valence-electron chi connectivity index (χ1n) is 5.44. The van der Waals surface area contributed by atoms with E-state index in [0.717, 1.165) is 5.56 Å². The summed E-state index contributed by atoms with van der Waals surface area (Å²) >= 11 is 5.50. The van der Waals surface area contributed by atoms with E-state index in [4.69, 9.17) is 11.6 Å². The topological polar surface area (TPSA) is 84.8 Å². The van der Waals surface area contributed by atoms with E-state index in [-0.39, 0.29) is 16.7 Å². The number of halogens is 1. The zero-order valence-electron chi connectivity index (χ0n) is 9.82. The number of nitrogens with one attached hydrogen (secondary N) is 1. The van der Waals surface area contributed by atoms with Crippen molar-refractivity contribution in [3.8, 4) is 0 Å². The van der Waals surface area contributed by atoms with Crippen molar-refractivity contribution in [3.05, 3.63) is 47.8 Å². The van der Waals surface area contributed by atoms with Crippen molar-refractivity contribution in [3.63, 3.8) is 0 Å². The third kappa shape index (κ3) is 3.95. The number of pyridine rings is 1. The smallest absolute Gasteiger partial charge is 0.243 e. The minimum atomic E-state index is -3.60. The molecular weight excluding hydrogens is 288 g/mol. The first-order valence-corrected chi connectivity index (χ1v) is 7.30. The second-order valence-corrected chi connectivity index (χ2v) is 5.80. The SMILES string of the molecule is O=S(=O)(NCCc1ccncc1)c1cnc(Cl)nc1. The molecule has 0 unspecified atom stereocenters. The van der Waals surface area contributed by atoms with Crippen LogP contribution in [-0.2, 0) is 16.4 Å². The molecule has 6 nitrogen and oxygen atoms in total. The third-order valence-corrected chi connectivity index (χ3v) is 3.97. The van der Waals surface area contributed by atoms with Crippen LogP contribution in [0.1, 0.15) is 5.56 Å². The maximum Gasteiger partial charge on any atom is 0.243 e. The maximum atomic E-state index is 11.9. The molecule has 0 radical (unpaired) electrons. The van der Waals surface area contributed by atoms with Crippen LogP contribution < -0.4 is 4.72 Å². The molecule has 19 heavy (non-hydrogen) atoms. The lowest BCUT2D eigenvalue weighted by atomic mass is 10.2. The van der Waals surface area contributed by atoms with Crippen LogP contribution in [0.25, 0.3) is 0 Å². The molecule has 2 aromatic rings. The lowest BCUT2D eigenvalue weighted by Crippen LogP contribution is -2.26. The molecule has 0 atom stereocenters. The van der Waals surface area contributed by atoms with Crippen molar-refractivity contribution in [1.29, 1.82) is 0 Å². The average molecular weight is 299 g/mol. The van der Waals surface area contributed by atoms with Crippen LogP contribution in [0.4, 0.5) is 0 Å². The molecule has 2 heterocycles. The molecule has 0 aliphatic rings. The van der Waals surface area contributed by atoms with Gasteiger partial charge in [-0.1, -0.05) is 0 Å². The number of sulfonamides is 1. The monoisotopic (exact) mass is 298 g/mol. The van der Waals surface area contributed by atoms with Gasteiger partial charge >= 0.3 is 0 Å². The molecule has 0 aromatic carbocycles. The van der Waals surface area contributed by atoms with E-state index in [1.165, 1.54) is 12.4 Å². The Balaban J connectivity index is 1.97. The summed E-state index contributed by atoms with van der Waals surface area (Å²) in [7, 11) is -3.60. The van der Waals surface area contributed by atoms with Crippen LogP contribution >= 0.6 is 11.6 Å². The van der Waals surface area contributed by atoms with Crippen LogP contribution in [0.2, 0.25) is 5.28 Å². The molecule has 1 N–H and O–H groups in total. The summed E-state index contributed by atoms with van der Waals surface area (Å²) in [6.45, 7) is 0.287. The zero-order chi connectivity index (χ0) is 13.7. The molecule has 0 aliphatic heterocycles. The quantitative estimate of drug-likeness (QED) is 0.834. The van der Waals surface area contributed by atoms with Gasteiger partial charge in [-0.3, -0.25) is 4.98 Å². The number of rotatable bonds is 5. The molecule has 0 fully saturated rings. The van der Waals surface area contributed by atoms with Crippen molar-refractivity contribution in [2.24, 2.45) is 0 Å². The fourth-order valence-corrected chi connectivity index (χ4v) is 2.42. The van der Waals surface area contributed by atoms with Gasteiger partial charge in [-0.2, -0.15) is 0 Å². The predicted octanol–water partition coefficient (Wildman–Crippen LogP) is 1.05. The minimum Gasteiger partial charge on any atom is -0.265 e. The third-order valence-electron chi connectivity index (χ3n) is 2.36. The van der Waals surface area contributed by atoms with Gasteiger partial charge in [-0.05, 0) is 35.7 Å². The van der Waals surface area contributed by atoms with Crippen molar-refractivity contribution in [2.75, 3.05) is 6.54 Å². The van der Waals surface area contributed by atoms with Crippen LogP contribution in [0.15, 0.2) is 41.8 Å². The molecule has 0 aliphatic carbocycles. The maximum absolute atomic E-state index is 11.9. The normalized spacial score (nSPS) is 11.4. The van der Waals surface area contributed by atoms with Gasteiger partial charge in [-0.15, -0.1) is 0 Å². The van der Waals surface area contributed by atoms with Gasteiger partial charge in [0.05, 0.1) is 12.4 Å². The van der Waals surface area contributed by atoms with E-state index >= 15 is 0 Å². The molecule has 0 saturated heterocycles. The number of nitrogens with zero attached hydrogens (tertiary/aromatic N) is 3. The van der Waals surface area contributed by atoms with Gasteiger partial charge in [0.1, 0.15) is 4.90 Å². The van der Waals surface area contributed by atoms with Crippen LogP contribution in [0.3, 0.4) is 0 Å². The lowest BCUT2D eigenvalue weighted by molar-refractivity contribution is 0.580. The molecular formula is C11H11ClN4O2S. The molecule has 2 aromatic heterocycles. The standard InChI is InChI=1S/C11H11ClN4O2S/c12-11-14-7-10(8-15-11)19(17,18)16-6-3-9-1-4-13-5-2-9/h1-2,4-5,7-8,16H,3,6H2. The van der Waals surface area contributed by atoms with Crippen molar-refractivity contribution in [2.45, 2.75) is 11.3 Å². The second-order valence-electron chi connectivity index (χ2n) is 3.69. The molecule has 0 amide bonds. The predicted molar refractivity (Wildman–Crippen MR) is 70.2 cm³/mol. The first-order chi connectivity index (χ1) is 9.08. The summed E-state index contributed by atoms with van der Waals surface area (Å²) in [5.74, 6) is 0. The molecule has 0 bridgehead atoms. The van der Waals surface area contributed by atoms with E-state index in [1.807, 2.05) is 12.1 Å². The van der Waals surface area contributed by atoms with E-state index < -0.39 is 10.0 Å². The Kier molecular flexibility index (Phi) is 4.41. The Morgan fingerprint density at radius 2 is 1.79 bits per heavy atom. The van der Waals surface area contributed by atoms with Gasteiger partial charge in [-0.25, -0.2) is 23.1 Å². The Bertz CT molecular complexity index is 632. The van der Waals surface area contributed by atoms with E-state index in [9.17, 15) is 8.42 Å². The first kappa shape index (κ1) is 13.9. The average Bonchev–Trinajstić information content (AvgIpc) is 2.40. The highest BCUT2D eigenvalue weighted by Gasteiger charge is 2.14. The summed E-state index contributed by atoms with van der Waals surface area (Å²) in [6, 6.07) is 3.67. The number of aromatic nitrogens is 3. The van der Waals surface area contributed by atoms with E-state index in [1.54, 1.807) is 12.4 Å². The Morgan fingerprint density at radius 1 is 1.16 bits per heavy atom. The lowest BCUT2D eigenvalue weighted by Gasteiger charge is -2.06. The van der Waals surface area contributed by atoms with Crippen LogP contribution in [0.5, 0.6) is 0 Å². The Labute approximate surface area is 115 Å². The van der Waals surface area contributed by atoms with Gasteiger partial charge in [0.2, 0.25) is 15.3 Å².